The Morgan fingerprint density at radius 1 is 1.00 bits per heavy atom. The van der Waals surface area contributed by atoms with Crippen LogP contribution in [-0.2, 0) is 35.0 Å². The van der Waals surface area contributed by atoms with E-state index in [1.807, 2.05) is 0 Å². The van der Waals surface area contributed by atoms with Crippen molar-refractivity contribution in [1.82, 2.24) is 0 Å². The SMILES string of the molecule is COC(=O)Cc1cc([N+](=O)[O-])ccc1C(CC(=O)OC)CC(=O)OC. The molecule has 0 radical (unpaired) electrons. The number of esters is 3. The van der Waals surface area contributed by atoms with Gasteiger partial charge in [0.25, 0.3) is 5.69 Å². The number of nitrogens with zero attached hydrogens (tertiary/aromatic N) is 1. The van der Waals surface area contributed by atoms with Gasteiger partial charge in [-0.3, -0.25) is 24.5 Å². The fraction of sp³-hybridized carbons (Fsp3) is 0.438. The molecule has 1 aromatic carbocycles. The van der Waals surface area contributed by atoms with Crippen molar-refractivity contribution in [2.75, 3.05) is 21.3 Å². The van der Waals surface area contributed by atoms with Crippen LogP contribution >= 0.6 is 0 Å². The third kappa shape index (κ3) is 5.87. The first-order valence-corrected chi connectivity index (χ1v) is 7.30. The smallest absolute Gasteiger partial charge is 0.309 e. The van der Waals surface area contributed by atoms with Gasteiger partial charge in [-0.2, -0.15) is 0 Å². The number of rotatable bonds is 8. The first kappa shape index (κ1) is 20.1. The van der Waals surface area contributed by atoms with Gasteiger partial charge in [-0.25, -0.2) is 0 Å². The molecular weight excluding hydrogens is 334 g/mol. The van der Waals surface area contributed by atoms with Gasteiger partial charge in [0.05, 0.1) is 45.5 Å². The lowest BCUT2D eigenvalue weighted by Crippen LogP contribution is -2.17. The van der Waals surface area contributed by atoms with E-state index in [4.69, 9.17) is 0 Å². The van der Waals surface area contributed by atoms with Crippen molar-refractivity contribution in [2.24, 2.45) is 0 Å². The van der Waals surface area contributed by atoms with Gasteiger partial charge in [0.15, 0.2) is 0 Å². The van der Waals surface area contributed by atoms with Crippen molar-refractivity contribution in [2.45, 2.75) is 25.2 Å². The third-order valence-corrected chi connectivity index (χ3v) is 3.62. The summed E-state index contributed by atoms with van der Waals surface area (Å²) >= 11 is 0. The average molecular weight is 353 g/mol. The van der Waals surface area contributed by atoms with E-state index in [-0.39, 0.29) is 24.9 Å². The normalized spacial score (nSPS) is 10.2. The largest absolute Gasteiger partial charge is 0.469 e. The summed E-state index contributed by atoms with van der Waals surface area (Å²) in [4.78, 5) is 45.3. The number of non-ortho nitro benzene ring substituents is 1. The van der Waals surface area contributed by atoms with E-state index < -0.39 is 28.7 Å². The summed E-state index contributed by atoms with van der Waals surface area (Å²) in [5.74, 6) is -2.37. The number of benzene rings is 1. The molecule has 0 atom stereocenters. The Kier molecular flexibility index (Phi) is 7.51. The van der Waals surface area contributed by atoms with E-state index in [9.17, 15) is 24.5 Å². The molecule has 1 rings (SSSR count). The number of hydrogen-bond acceptors (Lipinski definition) is 8. The average Bonchev–Trinajstić information content (AvgIpc) is 2.60. The highest BCUT2D eigenvalue weighted by atomic mass is 16.6. The molecule has 0 bridgehead atoms. The number of methoxy groups -OCH3 is 3. The Morgan fingerprint density at radius 2 is 1.52 bits per heavy atom. The highest BCUT2D eigenvalue weighted by molar-refractivity contribution is 5.76. The quantitative estimate of drug-likeness (QED) is 0.298. The van der Waals surface area contributed by atoms with E-state index in [1.165, 1.54) is 39.5 Å². The maximum Gasteiger partial charge on any atom is 0.309 e. The summed E-state index contributed by atoms with van der Waals surface area (Å²) in [5.41, 5.74) is 0.545. The van der Waals surface area contributed by atoms with Crippen LogP contribution in [-0.4, -0.2) is 44.2 Å². The number of nitro groups is 1. The fourth-order valence-corrected chi connectivity index (χ4v) is 2.35. The van der Waals surface area contributed by atoms with Gasteiger partial charge in [0.2, 0.25) is 0 Å². The predicted octanol–water partition coefficient (Wildman–Crippen LogP) is 1.52. The van der Waals surface area contributed by atoms with Gasteiger partial charge in [0.1, 0.15) is 0 Å². The van der Waals surface area contributed by atoms with E-state index in [0.29, 0.717) is 11.1 Å². The van der Waals surface area contributed by atoms with Gasteiger partial charge in [0, 0.05) is 18.1 Å². The maximum atomic E-state index is 11.7. The molecule has 0 aliphatic heterocycles. The van der Waals surface area contributed by atoms with Gasteiger partial charge in [-0.05, 0) is 11.1 Å². The van der Waals surface area contributed by atoms with Crippen molar-refractivity contribution in [1.29, 1.82) is 0 Å². The van der Waals surface area contributed by atoms with Crippen LogP contribution in [0.4, 0.5) is 5.69 Å². The van der Waals surface area contributed by atoms with Gasteiger partial charge in [-0.1, -0.05) is 6.07 Å². The first-order valence-electron chi connectivity index (χ1n) is 7.30. The summed E-state index contributed by atoms with van der Waals surface area (Å²) in [7, 11) is 3.62. The Balaban J connectivity index is 3.33. The molecule has 9 nitrogen and oxygen atoms in total. The van der Waals surface area contributed by atoms with Crippen molar-refractivity contribution in [3.63, 3.8) is 0 Å². The number of hydrogen-bond donors (Lipinski definition) is 0. The minimum absolute atomic E-state index is 0.141. The summed E-state index contributed by atoms with van der Waals surface area (Å²) in [6.07, 6.45) is -0.512. The molecule has 0 unspecified atom stereocenters. The summed E-state index contributed by atoms with van der Waals surface area (Å²) in [6, 6.07) is 3.90. The van der Waals surface area contributed by atoms with E-state index in [1.54, 1.807) is 0 Å². The lowest BCUT2D eigenvalue weighted by molar-refractivity contribution is -0.384. The maximum absolute atomic E-state index is 11.7. The summed E-state index contributed by atoms with van der Waals surface area (Å²) < 4.78 is 13.9. The lowest BCUT2D eigenvalue weighted by Gasteiger charge is -2.18. The van der Waals surface area contributed by atoms with E-state index >= 15 is 0 Å². The molecule has 0 spiro atoms. The van der Waals surface area contributed by atoms with Gasteiger partial charge < -0.3 is 14.2 Å². The molecule has 0 saturated carbocycles. The van der Waals surface area contributed by atoms with Crippen molar-refractivity contribution in [3.8, 4) is 0 Å². The lowest BCUT2D eigenvalue weighted by atomic mass is 9.87. The molecule has 0 aliphatic rings. The molecule has 0 aliphatic carbocycles. The van der Waals surface area contributed by atoms with Crippen LogP contribution in [0.5, 0.6) is 0 Å². The monoisotopic (exact) mass is 353 g/mol. The second kappa shape index (κ2) is 9.36. The Hall–Kier alpha value is -2.97. The van der Waals surface area contributed by atoms with Gasteiger partial charge >= 0.3 is 17.9 Å². The van der Waals surface area contributed by atoms with Crippen LogP contribution in [0.15, 0.2) is 18.2 Å². The Labute approximate surface area is 144 Å². The zero-order chi connectivity index (χ0) is 19.0. The highest BCUT2D eigenvalue weighted by Crippen LogP contribution is 2.30. The van der Waals surface area contributed by atoms with Crippen LogP contribution in [0.1, 0.15) is 29.9 Å². The Morgan fingerprint density at radius 3 is 1.96 bits per heavy atom. The second-order valence-electron chi connectivity index (χ2n) is 5.15. The number of carbonyl (C=O) groups is 3. The topological polar surface area (TPSA) is 122 Å². The predicted molar refractivity (Wildman–Crippen MR) is 84.8 cm³/mol. The summed E-state index contributed by atoms with van der Waals surface area (Å²) in [5, 5.41) is 11.0. The molecule has 0 amide bonds. The van der Waals surface area contributed by atoms with Crippen LogP contribution in [0.3, 0.4) is 0 Å². The zero-order valence-electron chi connectivity index (χ0n) is 14.1. The molecular formula is C16H19NO8. The Bertz CT molecular complexity index is 652. The van der Waals surface area contributed by atoms with Crippen molar-refractivity contribution >= 4 is 23.6 Å². The third-order valence-electron chi connectivity index (χ3n) is 3.62. The molecule has 1 aromatic rings. The molecule has 0 saturated heterocycles. The molecule has 0 aromatic heterocycles. The van der Waals surface area contributed by atoms with E-state index in [0.717, 1.165) is 0 Å². The van der Waals surface area contributed by atoms with Crippen molar-refractivity contribution < 1.29 is 33.5 Å². The molecule has 0 N–H and O–H groups in total. The first-order chi connectivity index (χ1) is 11.8. The minimum Gasteiger partial charge on any atom is -0.469 e. The van der Waals surface area contributed by atoms with Gasteiger partial charge in [-0.15, -0.1) is 0 Å². The van der Waals surface area contributed by atoms with Crippen LogP contribution < -0.4 is 0 Å². The fourth-order valence-electron chi connectivity index (χ4n) is 2.35. The molecule has 136 valence electrons. The van der Waals surface area contributed by atoms with Crippen LogP contribution in [0.2, 0.25) is 0 Å². The number of ether oxygens (including phenoxy) is 3. The highest BCUT2D eigenvalue weighted by Gasteiger charge is 2.25. The van der Waals surface area contributed by atoms with E-state index in [2.05, 4.69) is 14.2 Å². The number of carbonyl (C=O) groups excluding carboxylic acids is 3. The van der Waals surface area contributed by atoms with Crippen molar-refractivity contribution in [3.05, 3.63) is 39.4 Å². The molecule has 0 fully saturated rings. The zero-order valence-corrected chi connectivity index (χ0v) is 14.1. The second-order valence-corrected chi connectivity index (χ2v) is 5.15. The molecule has 0 heterocycles. The minimum atomic E-state index is -0.652. The van der Waals surface area contributed by atoms with Crippen LogP contribution in [0, 0.1) is 10.1 Å². The molecule has 25 heavy (non-hydrogen) atoms. The molecule has 9 heteroatoms. The summed E-state index contributed by atoms with van der Waals surface area (Å²) in [6.45, 7) is 0. The van der Waals surface area contributed by atoms with Crippen LogP contribution in [0.25, 0.3) is 0 Å². The standard InChI is InChI=1S/C16H19NO8/c1-23-14(18)7-10-6-12(17(21)22)4-5-13(10)11(8-15(19)24-2)9-16(20)25-3/h4-6,11H,7-9H2,1-3H3. The number of nitro benzene ring substituents is 1.